The number of aromatic carboxylic acids is 1. The van der Waals surface area contributed by atoms with E-state index in [0.29, 0.717) is 35.8 Å². The zero-order valence-corrected chi connectivity index (χ0v) is 25.4. The Hall–Kier alpha value is -4.00. The predicted octanol–water partition coefficient (Wildman–Crippen LogP) is 6.14. The van der Waals surface area contributed by atoms with Crippen molar-refractivity contribution in [3.63, 3.8) is 0 Å². The monoisotopic (exact) mass is 642 g/mol. The van der Waals surface area contributed by atoms with E-state index in [-0.39, 0.29) is 35.0 Å². The summed E-state index contributed by atoms with van der Waals surface area (Å²) in [5.74, 6) is 0.833. The summed E-state index contributed by atoms with van der Waals surface area (Å²) in [5.41, 5.74) is 2.86. The van der Waals surface area contributed by atoms with Gasteiger partial charge in [-0.3, -0.25) is 4.90 Å². The van der Waals surface area contributed by atoms with Crippen molar-refractivity contribution >= 4 is 28.6 Å². The second-order valence-electron chi connectivity index (χ2n) is 11.1. The minimum absolute atomic E-state index is 0.000237. The Morgan fingerprint density at radius 2 is 1.91 bits per heavy atom. The standard InChI is InChI=1S/C32H33ClF2N4O6/c1-42-27-14-21(31(40)41)13-25-30(27)37-28(39(25)16-23-9-12-43-23)17-38-10-7-19(8-11-38)24-3-2-4-29(36-24)44-18-20-5-6-22(33)15-26(20)45-32(34)35/h2-6,13-15,19,23,32H,7-12,16-18H2,1H3,(H,40,41)/t23-/m0/s1. The molecular weight excluding hydrogens is 610 g/mol. The van der Waals surface area contributed by atoms with Crippen molar-refractivity contribution < 1.29 is 37.6 Å². The molecule has 0 bridgehead atoms. The molecule has 0 saturated carbocycles. The van der Waals surface area contributed by atoms with Gasteiger partial charge in [0.1, 0.15) is 29.4 Å². The summed E-state index contributed by atoms with van der Waals surface area (Å²) in [6.07, 6.45) is 2.76. The largest absolute Gasteiger partial charge is 0.494 e. The molecule has 2 aromatic heterocycles. The van der Waals surface area contributed by atoms with Crippen molar-refractivity contribution in [2.45, 2.75) is 57.6 Å². The third-order valence-electron chi connectivity index (χ3n) is 8.28. The number of nitrogens with zero attached hydrogens (tertiary/aromatic N) is 4. The van der Waals surface area contributed by atoms with Gasteiger partial charge in [0, 0.05) is 34.9 Å². The highest BCUT2D eigenvalue weighted by molar-refractivity contribution is 6.30. The maximum absolute atomic E-state index is 12.9. The number of likely N-dealkylation sites (tertiary alicyclic amines) is 1. The molecule has 6 rings (SSSR count). The number of carboxylic acids is 1. The van der Waals surface area contributed by atoms with Gasteiger partial charge >= 0.3 is 12.6 Å². The molecule has 0 radical (unpaired) electrons. The number of methoxy groups -OCH3 is 1. The Labute approximate surface area is 263 Å². The number of hydrogen-bond donors (Lipinski definition) is 1. The first-order chi connectivity index (χ1) is 21.8. The van der Waals surface area contributed by atoms with Gasteiger partial charge in [0.25, 0.3) is 0 Å². The second-order valence-corrected chi connectivity index (χ2v) is 11.6. The van der Waals surface area contributed by atoms with E-state index in [1.807, 2.05) is 12.1 Å². The van der Waals surface area contributed by atoms with Gasteiger partial charge in [0.05, 0.1) is 37.4 Å². The average Bonchev–Trinajstić information content (AvgIpc) is 3.34. The molecule has 2 fully saturated rings. The van der Waals surface area contributed by atoms with Crippen LogP contribution in [0.1, 0.15) is 52.6 Å². The van der Waals surface area contributed by atoms with Gasteiger partial charge in [-0.15, -0.1) is 0 Å². The number of benzene rings is 2. The smallest absolute Gasteiger partial charge is 0.387 e. The molecule has 238 valence electrons. The lowest BCUT2D eigenvalue weighted by Crippen LogP contribution is -2.35. The molecule has 2 aliphatic rings. The minimum atomic E-state index is -2.97. The third-order valence-corrected chi connectivity index (χ3v) is 8.52. The maximum Gasteiger partial charge on any atom is 0.387 e. The molecule has 10 nitrogen and oxygen atoms in total. The zero-order chi connectivity index (χ0) is 31.5. The normalized spacial score (nSPS) is 17.4. The van der Waals surface area contributed by atoms with Gasteiger partial charge in [-0.2, -0.15) is 8.78 Å². The molecule has 13 heteroatoms. The molecule has 2 aromatic carbocycles. The molecule has 45 heavy (non-hydrogen) atoms. The Morgan fingerprint density at radius 3 is 2.60 bits per heavy atom. The quantitative estimate of drug-likeness (QED) is 0.195. The fourth-order valence-corrected chi connectivity index (χ4v) is 5.97. The number of carbonyl (C=O) groups is 1. The zero-order valence-electron chi connectivity index (χ0n) is 24.6. The highest BCUT2D eigenvalue weighted by atomic mass is 35.5. The van der Waals surface area contributed by atoms with Gasteiger partial charge in [0.2, 0.25) is 5.88 Å². The fourth-order valence-electron chi connectivity index (χ4n) is 5.81. The van der Waals surface area contributed by atoms with E-state index in [1.54, 1.807) is 24.3 Å². The van der Waals surface area contributed by atoms with E-state index in [0.717, 1.165) is 56.0 Å². The molecule has 2 aliphatic heterocycles. The molecule has 0 spiro atoms. The number of rotatable bonds is 12. The highest BCUT2D eigenvalue weighted by Gasteiger charge is 2.27. The van der Waals surface area contributed by atoms with Crippen LogP contribution < -0.4 is 14.2 Å². The van der Waals surface area contributed by atoms with Crippen molar-refractivity contribution in [1.82, 2.24) is 19.4 Å². The van der Waals surface area contributed by atoms with Crippen LogP contribution >= 0.6 is 11.6 Å². The van der Waals surface area contributed by atoms with Crippen LogP contribution in [0.25, 0.3) is 11.0 Å². The summed E-state index contributed by atoms with van der Waals surface area (Å²) < 4.78 is 49.5. The van der Waals surface area contributed by atoms with Crippen LogP contribution in [-0.2, 0) is 24.4 Å². The lowest BCUT2D eigenvalue weighted by atomic mass is 9.93. The number of carboxylic acid groups (broad SMARTS) is 1. The summed E-state index contributed by atoms with van der Waals surface area (Å²) in [6.45, 7) is 0.573. The first kappa shape index (κ1) is 31.0. The van der Waals surface area contributed by atoms with Gasteiger partial charge < -0.3 is 28.6 Å². The molecule has 4 aromatic rings. The molecule has 1 atom stereocenters. The molecule has 0 unspecified atom stereocenters. The average molecular weight is 643 g/mol. The van der Waals surface area contributed by atoms with Crippen LogP contribution in [0.15, 0.2) is 48.5 Å². The van der Waals surface area contributed by atoms with Gasteiger partial charge in [-0.25, -0.2) is 14.8 Å². The minimum Gasteiger partial charge on any atom is -0.494 e. The van der Waals surface area contributed by atoms with Crippen LogP contribution in [0, 0.1) is 0 Å². The lowest BCUT2D eigenvalue weighted by Gasteiger charge is -2.32. The Bertz CT molecular complexity index is 1670. The van der Waals surface area contributed by atoms with E-state index < -0.39 is 12.6 Å². The first-order valence-corrected chi connectivity index (χ1v) is 15.1. The number of fused-ring (bicyclic) bond motifs is 1. The Balaban J connectivity index is 1.13. The molecular formula is C32H33ClF2N4O6. The van der Waals surface area contributed by atoms with Crippen molar-refractivity contribution in [3.05, 3.63) is 76.2 Å². The summed E-state index contributed by atoms with van der Waals surface area (Å²) in [4.78, 5) is 23.8. The van der Waals surface area contributed by atoms with Gasteiger partial charge in [-0.1, -0.05) is 23.7 Å². The number of halogens is 3. The lowest BCUT2D eigenvalue weighted by molar-refractivity contribution is -0.0592. The van der Waals surface area contributed by atoms with Crippen LogP contribution in [0.3, 0.4) is 0 Å². The van der Waals surface area contributed by atoms with E-state index >= 15 is 0 Å². The second kappa shape index (κ2) is 13.6. The SMILES string of the molecule is COc1cc(C(=O)O)cc2c1nc(CN1CCC(c3cccc(OCc4ccc(Cl)cc4OC(F)F)n3)CC1)n2C[C@@H]1CCO1. The van der Waals surface area contributed by atoms with E-state index in [1.165, 1.54) is 19.2 Å². The molecule has 0 amide bonds. The van der Waals surface area contributed by atoms with Crippen molar-refractivity contribution in [2.24, 2.45) is 0 Å². The molecule has 0 aliphatic carbocycles. The topological polar surface area (TPSA) is 108 Å². The number of hydrogen-bond acceptors (Lipinski definition) is 8. The van der Waals surface area contributed by atoms with Crippen LogP contribution in [-0.4, -0.2) is 70.0 Å². The van der Waals surface area contributed by atoms with E-state index in [2.05, 4.69) is 14.2 Å². The molecule has 2 saturated heterocycles. The van der Waals surface area contributed by atoms with Gasteiger partial charge in [-0.05, 0) is 62.7 Å². The van der Waals surface area contributed by atoms with Gasteiger partial charge in [0.15, 0.2) is 0 Å². The Morgan fingerprint density at radius 1 is 1.11 bits per heavy atom. The highest BCUT2D eigenvalue weighted by Crippen LogP contribution is 2.33. The summed E-state index contributed by atoms with van der Waals surface area (Å²) in [7, 11) is 1.52. The van der Waals surface area contributed by atoms with Crippen molar-refractivity contribution in [2.75, 3.05) is 26.8 Å². The summed E-state index contributed by atoms with van der Waals surface area (Å²) in [6, 6.07) is 13.3. The van der Waals surface area contributed by atoms with Crippen LogP contribution in [0.2, 0.25) is 5.02 Å². The summed E-state index contributed by atoms with van der Waals surface area (Å²) >= 11 is 5.95. The van der Waals surface area contributed by atoms with Crippen LogP contribution in [0.4, 0.5) is 8.78 Å². The van der Waals surface area contributed by atoms with Crippen LogP contribution in [0.5, 0.6) is 17.4 Å². The predicted molar refractivity (Wildman–Crippen MR) is 162 cm³/mol. The number of aromatic nitrogens is 3. The summed E-state index contributed by atoms with van der Waals surface area (Å²) in [5, 5.41) is 9.95. The number of piperidine rings is 1. The first-order valence-electron chi connectivity index (χ1n) is 14.7. The number of alkyl halides is 2. The molecule has 4 heterocycles. The van der Waals surface area contributed by atoms with Crippen molar-refractivity contribution in [1.29, 1.82) is 0 Å². The van der Waals surface area contributed by atoms with E-state index in [4.69, 9.17) is 35.8 Å². The maximum atomic E-state index is 12.9. The van der Waals surface area contributed by atoms with Crippen molar-refractivity contribution in [3.8, 4) is 17.4 Å². The number of imidazole rings is 1. The fraction of sp³-hybridized carbons (Fsp3) is 0.406. The number of ether oxygens (including phenoxy) is 4. The Kier molecular flexibility index (Phi) is 9.34. The number of pyridine rings is 1. The molecule has 1 N–H and O–H groups in total. The van der Waals surface area contributed by atoms with E-state index in [9.17, 15) is 18.7 Å². The third kappa shape index (κ3) is 7.13.